The van der Waals surface area contributed by atoms with E-state index in [-0.39, 0.29) is 22.0 Å². The number of nitrogens with zero attached hydrogens (tertiary/aromatic N) is 1. The summed E-state index contributed by atoms with van der Waals surface area (Å²) in [6.45, 7) is 0.851. The maximum atomic E-state index is 13.6. The Hall–Kier alpha value is -3.00. The first-order chi connectivity index (χ1) is 11.8. The molecule has 1 amide bonds. The molecule has 2 aromatic carbocycles. The van der Waals surface area contributed by atoms with Crippen LogP contribution in [0, 0.1) is 22.9 Å². The van der Waals surface area contributed by atoms with Crippen LogP contribution in [0.25, 0.3) is 0 Å². The van der Waals surface area contributed by atoms with Crippen molar-refractivity contribution in [2.75, 3.05) is 11.9 Å². The van der Waals surface area contributed by atoms with Crippen LogP contribution in [0.4, 0.5) is 15.8 Å². The Morgan fingerprint density at radius 1 is 1.32 bits per heavy atom. The predicted molar refractivity (Wildman–Crippen MR) is 88.2 cm³/mol. The van der Waals surface area contributed by atoms with Crippen LogP contribution in [0.2, 0.25) is 5.02 Å². The fraction of sp³-hybridized carbons (Fsp3) is 0.125. The largest absolute Gasteiger partial charge is 0.452 e. The highest BCUT2D eigenvalue weighted by Crippen LogP contribution is 2.27. The Balaban J connectivity index is 2.04. The van der Waals surface area contributed by atoms with Crippen LogP contribution in [-0.4, -0.2) is 23.4 Å². The van der Waals surface area contributed by atoms with Crippen LogP contribution in [-0.2, 0) is 9.53 Å². The Bertz CT molecular complexity index is 856. The molecule has 0 saturated heterocycles. The fourth-order valence-corrected chi connectivity index (χ4v) is 2.17. The third kappa shape index (κ3) is 4.51. The highest BCUT2D eigenvalue weighted by molar-refractivity contribution is 6.30. The molecular formula is C16H12ClFN2O5. The zero-order chi connectivity index (χ0) is 18.6. The molecule has 1 N–H and O–H groups in total. The second kappa shape index (κ2) is 7.71. The summed E-state index contributed by atoms with van der Waals surface area (Å²) < 4.78 is 18.3. The van der Waals surface area contributed by atoms with Crippen molar-refractivity contribution in [3.05, 3.63) is 68.5 Å². The molecular weight excluding hydrogens is 355 g/mol. The minimum absolute atomic E-state index is 0.00576. The van der Waals surface area contributed by atoms with Crippen LogP contribution in [0.5, 0.6) is 0 Å². The van der Waals surface area contributed by atoms with Crippen LogP contribution >= 0.6 is 11.6 Å². The molecule has 0 aromatic heterocycles. The van der Waals surface area contributed by atoms with E-state index in [2.05, 4.69) is 5.32 Å². The molecule has 25 heavy (non-hydrogen) atoms. The van der Waals surface area contributed by atoms with Gasteiger partial charge in [-0.15, -0.1) is 0 Å². The summed E-state index contributed by atoms with van der Waals surface area (Å²) in [4.78, 5) is 34.0. The number of nitro benzene ring substituents is 1. The number of hydrogen-bond donors (Lipinski definition) is 1. The number of hydrogen-bond acceptors (Lipinski definition) is 5. The lowest BCUT2D eigenvalue weighted by Crippen LogP contribution is -2.22. The third-order valence-corrected chi connectivity index (χ3v) is 3.43. The number of esters is 1. The van der Waals surface area contributed by atoms with E-state index in [0.717, 1.165) is 12.1 Å². The highest BCUT2D eigenvalue weighted by atomic mass is 35.5. The third-order valence-electron chi connectivity index (χ3n) is 3.20. The van der Waals surface area contributed by atoms with Gasteiger partial charge in [-0.1, -0.05) is 23.7 Å². The number of ether oxygens (including phenoxy) is 1. The van der Waals surface area contributed by atoms with Crippen molar-refractivity contribution in [3.63, 3.8) is 0 Å². The summed E-state index contributed by atoms with van der Waals surface area (Å²) in [6, 6.07) is 7.67. The molecule has 9 heteroatoms. The van der Waals surface area contributed by atoms with Gasteiger partial charge in [-0.2, -0.15) is 0 Å². The maximum absolute atomic E-state index is 13.6. The van der Waals surface area contributed by atoms with E-state index in [0.29, 0.717) is 5.56 Å². The first-order valence-electron chi connectivity index (χ1n) is 6.95. The van der Waals surface area contributed by atoms with Gasteiger partial charge < -0.3 is 10.1 Å². The summed E-state index contributed by atoms with van der Waals surface area (Å²) in [6.07, 6.45) is 0. The SMILES string of the molecule is Cc1cccc([N+](=O)[O-])c1NC(=O)COC(=O)c1ccc(Cl)cc1F. The maximum Gasteiger partial charge on any atom is 0.341 e. The van der Waals surface area contributed by atoms with Gasteiger partial charge in [0.1, 0.15) is 11.5 Å². The predicted octanol–water partition coefficient (Wildman–Crippen LogP) is 3.49. The number of aryl methyl sites for hydroxylation is 1. The number of rotatable bonds is 5. The molecule has 0 heterocycles. The average molecular weight is 367 g/mol. The van der Waals surface area contributed by atoms with Crippen molar-refractivity contribution in [3.8, 4) is 0 Å². The zero-order valence-corrected chi connectivity index (χ0v) is 13.7. The van der Waals surface area contributed by atoms with Gasteiger partial charge >= 0.3 is 5.97 Å². The van der Waals surface area contributed by atoms with Gasteiger partial charge in [0.2, 0.25) is 0 Å². The van der Waals surface area contributed by atoms with E-state index >= 15 is 0 Å². The van der Waals surface area contributed by atoms with Gasteiger partial charge in [-0.05, 0) is 30.7 Å². The second-order valence-corrected chi connectivity index (χ2v) is 5.41. The summed E-state index contributed by atoms with van der Waals surface area (Å²) in [5.41, 5.74) is -0.189. The lowest BCUT2D eigenvalue weighted by Gasteiger charge is -2.09. The number of para-hydroxylation sites is 1. The highest BCUT2D eigenvalue weighted by Gasteiger charge is 2.19. The molecule has 0 saturated carbocycles. The monoisotopic (exact) mass is 366 g/mol. The average Bonchev–Trinajstić information content (AvgIpc) is 2.54. The molecule has 0 fully saturated rings. The van der Waals surface area contributed by atoms with Crippen molar-refractivity contribution in [1.29, 1.82) is 0 Å². The molecule has 0 atom stereocenters. The lowest BCUT2D eigenvalue weighted by molar-refractivity contribution is -0.384. The van der Waals surface area contributed by atoms with E-state index in [1.807, 2.05) is 0 Å². The minimum Gasteiger partial charge on any atom is -0.452 e. The van der Waals surface area contributed by atoms with Crippen molar-refractivity contribution in [2.45, 2.75) is 6.92 Å². The second-order valence-electron chi connectivity index (χ2n) is 4.97. The molecule has 2 aromatic rings. The Kier molecular flexibility index (Phi) is 5.66. The molecule has 2 rings (SSSR count). The quantitative estimate of drug-likeness (QED) is 0.496. The molecule has 0 bridgehead atoms. The van der Waals surface area contributed by atoms with Crippen LogP contribution < -0.4 is 5.32 Å². The van der Waals surface area contributed by atoms with Gasteiger partial charge in [-0.25, -0.2) is 9.18 Å². The molecule has 0 aliphatic carbocycles. The smallest absolute Gasteiger partial charge is 0.341 e. The topological polar surface area (TPSA) is 98.5 Å². The van der Waals surface area contributed by atoms with E-state index in [9.17, 15) is 24.1 Å². The summed E-state index contributed by atoms with van der Waals surface area (Å²) in [5, 5.41) is 13.4. The zero-order valence-electron chi connectivity index (χ0n) is 12.9. The molecule has 0 radical (unpaired) electrons. The summed E-state index contributed by atoms with van der Waals surface area (Å²) >= 11 is 5.58. The van der Waals surface area contributed by atoms with E-state index in [4.69, 9.17) is 16.3 Å². The number of anilines is 1. The van der Waals surface area contributed by atoms with Gasteiger partial charge in [0.25, 0.3) is 11.6 Å². The molecule has 0 unspecified atom stereocenters. The lowest BCUT2D eigenvalue weighted by atomic mass is 10.1. The Morgan fingerprint density at radius 3 is 2.68 bits per heavy atom. The van der Waals surface area contributed by atoms with Gasteiger partial charge in [0.15, 0.2) is 6.61 Å². The van der Waals surface area contributed by atoms with Crippen molar-refractivity contribution in [1.82, 2.24) is 0 Å². The summed E-state index contributed by atoms with van der Waals surface area (Å²) in [5.74, 6) is -2.73. The van der Waals surface area contributed by atoms with E-state index in [1.54, 1.807) is 13.0 Å². The summed E-state index contributed by atoms with van der Waals surface area (Å²) in [7, 11) is 0. The first-order valence-corrected chi connectivity index (χ1v) is 7.33. The number of nitro groups is 1. The van der Waals surface area contributed by atoms with Crippen LogP contribution in [0.15, 0.2) is 36.4 Å². The first kappa shape index (κ1) is 18.3. The van der Waals surface area contributed by atoms with E-state index < -0.39 is 29.2 Å². The van der Waals surface area contributed by atoms with Gasteiger partial charge in [-0.3, -0.25) is 14.9 Å². The molecule has 0 aliphatic rings. The molecule has 7 nitrogen and oxygen atoms in total. The Morgan fingerprint density at radius 2 is 2.04 bits per heavy atom. The number of nitrogens with one attached hydrogen (secondary N) is 1. The number of benzene rings is 2. The Labute approximate surface area is 146 Å². The number of amides is 1. The number of carbonyl (C=O) groups is 2. The van der Waals surface area contributed by atoms with Crippen molar-refractivity contribution in [2.24, 2.45) is 0 Å². The number of halogens is 2. The molecule has 0 spiro atoms. The van der Waals surface area contributed by atoms with Crippen LogP contribution in [0.3, 0.4) is 0 Å². The number of carbonyl (C=O) groups excluding carboxylic acids is 2. The normalized spacial score (nSPS) is 10.2. The van der Waals surface area contributed by atoms with Gasteiger partial charge in [0.05, 0.1) is 10.5 Å². The fourth-order valence-electron chi connectivity index (χ4n) is 2.01. The van der Waals surface area contributed by atoms with Crippen molar-refractivity contribution < 1.29 is 23.6 Å². The minimum atomic E-state index is -1.05. The van der Waals surface area contributed by atoms with Crippen LogP contribution in [0.1, 0.15) is 15.9 Å². The van der Waals surface area contributed by atoms with E-state index in [1.165, 1.54) is 18.2 Å². The van der Waals surface area contributed by atoms with Crippen molar-refractivity contribution >= 4 is 34.9 Å². The van der Waals surface area contributed by atoms with Gasteiger partial charge in [0, 0.05) is 11.1 Å². The standard InChI is InChI=1S/C16H12ClFN2O5/c1-9-3-2-4-13(20(23)24)15(9)19-14(21)8-25-16(22)11-6-5-10(17)7-12(11)18/h2-7H,8H2,1H3,(H,19,21). The molecule has 130 valence electrons. The molecule has 0 aliphatic heterocycles.